The first-order valence-electron chi connectivity index (χ1n) is 7.93. The van der Waals surface area contributed by atoms with Crippen molar-refractivity contribution in [2.75, 3.05) is 11.9 Å². The molecule has 1 fully saturated rings. The van der Waals surface area contributed by atoms with Crippen molar-refractivity contribution < 1.29 is 19.0 Å². The second-order valence-electron chi connectivity index (χ2n) is 5.66. The lowest BCUT2D eigenvalue weighted by Crippen LogP contribution is -2.36. The number of benzene rings is 2. The number of nitrogens with one attached hydrogen (secondary N) is 1. The molecule has 4 rings (SSSR count). The lowest BCUT2D eigenvalue weighted by molar-refractivity contribution is -0.127. The van der Waals surface area contributed by atoms with Crippen LogP contribution >= 0.6 is 11.8 Å². The highest BCUT2D eigenvalue weighted by Gasteiger charge is 2.36. The summed E-state index contributed by atoms with van der Waals surface area (Å²) in [6.07, 6.45) is 1.63. The van der Waals surface area contributed by atoms with E-state index in [-0.39, 0.29) is 4.91 Å². The molecule has 2 aromatic carbocycles. The zero-order valence-electron chi connectivity index (χ0n) is 13.8. The summed E-state index contributed by atoms with van der Waals surface area (Å²) in [5.41, 5.74) is 2.08. The molecule has 1 aromatic heterocycles. The highest BCUT2D eigenvalue weighted by Crippen LogP contribution is 2.32. The molecule has 9 heteroatoms. The third-order valence-electron chi connectivity index (χ3n) is 3.83. The van der Waals surface area contributed by atoms with Gasteiger partial charge in [-0.3, -0.25) is 19.3 Å². The van der Waals surface area contributed by atoms with Crippen LogP contribution in [-0.4, -0.2) is 38.8 Å². The molecule has 0 bridgehead atoms. The Bertz CT molecular complexity index is 1080. The van der Waals surface area contributed by atoms with Gasteiger partial charge in [-0.2, -0.15) is 0 Å². The van der Waals surface area contributed by atoms with Gasteiger partial charge in [0.1, 0.15) is 12.1 Å². The molecule has 0 saturated carbocycles. The molecular weight excluding hydrogens is 368 g/mol. The summed E-state index contributed by atoms with van der Waals surface area (Å²) >= 11 is 0.810. The van der Waals surface area contributed by atoms with Gasteiger partial charge in [-0.05, 0) is 45.8 Å². The van der Waals surface area contributed by atoms with Gasteiger partial charge in [0.15, 0.2) is 5.52 Å². The molecule has 134 valence electrons. The van der Waals surface area contributed by atoms with E-state index in [9.17, 15) is 14.4 Å². The lowest BCUT2D eigenvalue weighted by atomic mass is 10.2. The van der Waals surface area contributed by atoms with Crippen LogP contribution < -0.4 is 5.32 Å². The smallest absolute Gasteiger partial charge is 0.294 e. The Labute approximate surface area is 157 Å². The van der Waals surface area contributed by atoms with E-state index in [4.69, 9.17) is 0 Å². The minimum Gasteiger partial charge on any atom is -0.322 e. The van der Waals surface area contributed by atoms with Gasteiger partial charge >= 0.3 is 0 Å². The maximum Gasteiger partial charge on any atom is 0.294 e. The summed E-state index contributed by atoms with van der Waals surface area (Å²) < 4.78 is 4.64. The van der Waals surface area contributed by atoms with Crippen LogP contribution in [0.2, 0.25) is 0 Å². The molecule has 1 N–H and O–H groups in total. The summed E-state index contributed by atoms with van der Waals surface area (Å²) in [6, 6.07) is 14.2. The van der Waals surface area contributed by atoms with Crippen LogP contribution in [0.15, 0.2) is 58.1 Å². The number of hydrogen-bond donors (Lipinski definition) is 1. The van der Waals surface area contributed by atoms with E-state index in [0.717, 1.165) is 22.2 Å². The van der Waals surface area contributed by atoms with E-state index >= 15 is 0 Å². The summed E-state index contributed by atoms with van der Waals surface area (Å²) in [5.74, 6) is -1.01. The molecule has 8 nitrogen and oxygen atoms in total. The molecule has 0 aliphatic carbocycles. The number of nitrogens with zero attached hydrogens (tertiary/aromatic N) is 3. The largest absolute Gasteiger partial charge is 0.322 e. The average Bonchev–Trinajstić information content (AvgIpc) is 3.24. The van der Waals surface area contributed by atoms with Crippen LogP contribution in [0, 0.1) is 0 Å². The molecule has 3 aromatic rings. The van der Waals surface area contributed by atoms with Crippen molar-refractivity contribution in [2.24, 2.45) is 0 Å². The van der Waals surface area contributed by atoms with E-state index in [0.29, 0.717) is 16.7 Å². The van der Waals surface area contributed by atoms with Gasteiger partial charge in [-0.1, -0.05) is 36.4 Å². The SMILES string of the molecule is O=C(CN1C(=O)S/C(=C\c2ccccc2)C1=O)Nc1cccc2nonc12. The fourth-order valence-corrected chi connectivity index (χ4v) is 3.42. The molecule has 0 unspecified atom stereocenters. The van der Waals surface area contributed by atoms with Crippen molar-refractivity contribution in [1.29, 1.82) is 0 Å². The van der Waals surface area contributed by atoms with Crippen molar-refractivity contribution in [3.63, 3.8) is 0 Å². The number of imide groups is 1. The van der Waals surface area contributed by atoms with E-state index in [2.05, 4.69) is 20.3 Å². The van der Waals surface area contributed by atoms with Crippen molar-refractivity contribution in [2.45, 2.75) is 0 Å². The number of thioether (sulfide) groups is 1. The predicted octanol–water partition coefficient (Wildman–Crippen LogP) is 2.90. The summed E-state index contributed by atoms with van der Waals surface area (Å²) in [4.78, 5) is 38.1. The van der Waals surface area contributed by atoms with Crippen molar-refractivity contribution in [3.8, 4) is 0 Å². The van der Waals surface area contributed by atoms with Gasteiger partial charge in [-0.15, -0.1) is 0 Å². The normalized spacial score (nSPS) is 15.7. The molecule has 27 heavy (non-hydrogen) atoms. The van der Waals surface area contributed by atoms with Gasteiger partial charge in [0, 0.05) is 0 Å². The minimum absolute atomic E-state index is 0.279. The Morgan fingerprint density at radius 1 is 1.11 bits per heavy atom. The number of carbonyl (C=O) groups is 3. The molecule has 2 heterocycles. The zero-order chi connectivity index (χ0) is 18.8. The fraction of sp³-hybridized carbons (Fsp3) is 0.0556. The number of hydrogen-bond acceptors (Lipinski definition) is 7. The standard InChI is InChI=1S/C18H12N4O4S/c23-15(19-12-7-4-8-13-16(12)21-26-20-13)10-22-17(24)14(27-18(22)25)9-11-5-2-1-3-6-11/h1-9H,10H2,(H,19,23)/b14-9-. The molecule has 3 amide bonds. The van der Waals surface area contributed by atoms with E-state index < -0.39 is 23.6 Å². The van der Waals surface area contributed by atoms with Crippen LogP contribution in [0.4, 0.5) is 10.5 Å². The van der Waals surface area contributed by atoms with Crippen LogP contribution in [0.25, 0.3) is 17.1 Å². The van der Waals surface area contributed by atoms with Gasteiger partial charge in [0.05, 0.1) is 10.6 Å². The number of anilines is 1. The third-order valence-corrected chi connectivity index (χ3v) is 4.74. The van der Waals surface area contributed by atoms with Crippen LogP contribution in [0.5, 0.6) is 0 Å². The van der Waals surface area contributed by atoms with Gasteiger partial charge in [0.2, 0.25) is 5.91 Å². The first kappa shape index (κ1) is 17.0. The first-order valence-corrected chi connectivity index (χ1v) is 8.75. The molecule has 0 spiro atoms. The minimum atomic E-state index is -0.520. The number of aromatic nitrogens is 2. The maximum absolute atomic E-state index is 12.5. The van der Waals surface area contributed by atoms with E-state index in [1.807, 2.05) is 30.3 Å². The van der Waals surface area contributed by atoms with Crippen molar-refractivity contribution in [3.05, 3.63) is 59.0 Å². The summed E-state index contributed by atoms with van der Waals surface area (Å²) in [6.45, 7) is -0.390. The van der Waals surface area contributed by atoms with Crippen LogP contribution in [0.3, 0.4) is 0 Å². The topological polar surface area (TPSA) is 105 Å². The molecule has 1 saturated heterocycles. The summed E-state index contributed by atoms with van der Waals surface area (Å²) in [5, 5.41) is 9.57. The van der Waals surface area contributed by atoms with Gasteiger partial charge in [-0.25, -0.2) is 4.63 Å². The quantitative estimate of drug-likeness (QED) is 0.694. The number of rotatable bonds is 4. The second-order valence-corrected chi connectivity index (χ2v) is 6.66. The number of carbonyl (C=O) groups excluding carboxylic acids is 3. The molecule has 1 aliphatic rings. The Hall–Kier alpha value is -3.46. The number of amides is 3. The maximum atomic E-state index is 12.5. The highest BCUT2D eigenvalue weighted by atomic mass is 32.2. The monoisotopic (exact) mass is 380 g/mol. The van der Waals surface area contributed by atoms with Gasteiger partial charge in [0.25, 0.3) is 11.1 Å². The van der Waals surface area contributed by atoms with Crippen LogP contribution in [-0.2, 0) is 9.59 Å². The predicted molar refractivity (Wildman–Crippen MR) is 99.6 cm³/mol. The highest BCUT2D eigenvalue weighted by molar-refractivity contribution is 8.18. The van der Waals surface area contributed by atoms with Crippen molar-refractivity contribution in [1.82, 2.24) is 15.2 Å². The van der Waals surface area contributed by atoms with Crippen molar-refractivity contribution >= 4 is 51.6 Å². The Balaban J connectivity index is 1.48. The molecule has 0 radical (unpaired) electrons. The molecule has 0 atom stereocenters. The Morgan fingerprint density at radius 2 is 1.93 bits per heavy atom. The number of fused-ring (bicyclic) bond motifs is 1. The lowest BCUT2D eigenvalue weighted by Gasteiger charge is -2.12. The van der Waals surface area contributed by atoms with E-state index in [1.54, 1.807) is 24.3 Å². The average molecular weight is 380 g/mol. The fourth-order valence-electron chi connectivity index (χ4n) is 2.58. The summed E-state index contributed by atoms with van der Waals surface area (Å²) in [7, 11) is 0. The molecule has 1 aliphatic heterocycles. The third kappa shape index (κ3) is 3.44. The van der Waals surface area contributed by atoms with Crippen LogP contribution in [0.1, 0.15) is 5.56 Å². The molecular formula is C18H12N4O4S. The Kier molecular flexibility index (Phi) is 4.43. The van der Waals surface area contributed by atoms with Gasteiger partial charge < -0.3 is 5.32 Å². The van der Waals surface area contributed by atoms with E-state index in [1.165, 1.54) is 0 Å². The second kappa shape index (κ2) is 7.04. The zero-order valence-corrected chi connectivity index (χ0v) is 14.6. The first-order chi connectivity index (χ1) is 13.1. The Morgan fingerprint density at radius 3 is 2.74 bits per heavy atom.